The van der Waals surface area contributed by atoms with E-state index in [9.17, 15) is 10.2 Å². The third-order valence-corrected chi connectivity index (χ3v) is 6.48. The highest BCUT2D eigenvalue weighted by molar-refractivity contribution is 6.07. The number of amidine groups is 1. The molecule has 4 nitrogen and oxygen atoms in total. The topological polar surface area (TPSA) is 56.1 Å². The lowest BCUT2D eigenvalue weighted by Crippen LogP contribution is -2.41. The van der Waals surface area contributed by atoms with Gasteiger partial charge >= 0.3 is 0 Å². The molecular formula is C28H46N2O2. The van der Waals surface area contributed by atoms with Gasteiger partial charge < -0.3 is 15.1 Å². The van der Waals surface area contributed by atoms with E-state index in [1.54, 1.807) is 0 Å². The first-order valence-corrected chi connectivity index (χ1v) is 13.1. The summed E-state index contributed by atoms with van der Waals surface area (Å²) in [6.07, 6.45) is 23.1. The second-order valence-electron chi connectivity index (χ2n) is 9.37. The van der Waals surface area contributed by atoms with E-state index >= 15 is 0 Å². The van der Waals surface area contributed by atoms with Crippen LogP contribution in [0.1, 0.15) is 96.8 Å². The maximum Gasteiger partial charge on any atom is 0.128 e. The molecule has 0 unspecified atom stereocenters. The van der Waals surface area contributed by atoms with Crippen LogP contribution in [-0.2, 0) is 0 Å². The van der Waals surface area contributed by atoms with Gasteiger partial charge in [-0.3, -0.25) is 4.99 Å². The van der Waals surface area contributed by atoms with E-state index < -0.39 is 5.54 Å². The Morgan fingerprint density at radius 1 is 0.812 bits per heavy atom. The molecular weight excluding hydrogens is 396 g/mol. The second-order valence-corrected chi connectivity index (χ2v) is 9.37. The summed E-state index contributed by atoms with van der Waals surface area (Å²) in [6, 6.07) is 10.1. The van der Waals surface area contributed by atoms with Gasteiger partial charge in [0.25, 0.3) is 0 Å². The summed E-state index contributed by atoms with van der Waals surface area (Å²) in [5.74, 6) is 0.828. The highest BCUT2D eigenvalue weighted by Crippen LogP contribution is 2.27. The minimum atomic E-state index is -0.814. The van der Waals surface area contributed by atoms with E-state index in [4.69, 9.17) is 0 Å². The molecule has 0 spiro atoms. The van der Waals surface area contributed by atoms with Gasteiger partial charge in [-0.2, -0.15) is 0 Å². The minimum Gasteiger partial charge on any atom is -0.394 e. The van der Waals surface area contributed by atoms with E-state index in [0.717, 1.165) is 17.9 Å². The first kappa shape index (κ1) is 26.6. The van der Waals surface area contributed by atoms with Crippen LogP contribution in [0.3, 0.4) is 0 Å². The van der Waals surface area contributed by atoms with Crippen molar-refractivity contribution in [1.29, 1.82) is 0 Å². The number of para-hydroxylation sites is 1. The van der Waals surface area contributed by atoms with Gasteiger partial charge in [0, 0.05) is 5.69 Å². The van der Waals surface area contributed by atoms with Crippen LogP contribution in [-0.4, -0.2) is 41.3 Å². The van der Waals surface area contributed by atoms with Crippen molar-refractivity contribution in [2.24, 2.45) is 4.99 Å². The zero-order chi connectivity index (χ0) is 22.9. The summed E-state index contributed by atoms with van der Waals surface area (Å²) >= 11 is 0. The molecule has 0 amide bonds. The molecule has 2 rings (SSSR count). The van der Waals surface area contributed by atoms with Crippen LogP contribution >= 0.6 is 0 Å². The van der Waals surface area contributed by atoms with Crippen molar-refractivity contribution in [3.05, 3.63) is 42.5 Å². The largest absolute Gasteiger partial charge is 0.394 e. The minimum absolute atomic E-state index is 0.150. The lowest BCUT2D eigenvalue weighted by Gasteiger charge is -2.24. The van der Waals surface area contributed by atoms with Crippen molar-refractivity contribution in [2.75, 3.05) is 24.7 Å². The number of rotatable bonds is 18. The summed E-state index contributed by atoms with van der Waals surface area (Å²) in [5.41, 5.74) is 0.228. The van der Waals surface area contributed by atoms with Gasteiger partial charge in [0.1, 0.15) is 11.4 Å². The third kappa shape index (κ3) is 9.46. The monoisotopic (exact) mass is 442 g/mol. The van der Waals surface area contributed by atoms with Crippen LogP contribution < -0.4 is 4.90 Å². The number of anilines is 1. The summed E-state index contributed by atoms with van der Waals surface area (Å²) in [6.45, 7) is 2.48. The Morgan fingerprint density at radius 2 is 1.34 bits per heavy atom. The number of aliphatic hydroxyl groups is 2. The Labute approximate surface area is 196 Å². The molecule has 0 fully saturated rings. The van der Waals surface area contributed by atoms with E-state index in [0.29, 0.717) is 6.54 Å². The molecule has 1 aliphatic heterocycles. The van der Waals surface area contributed by atoms with Crippen LogP contribution in [0.25, 0.3) is 0 Å². The molecule has 0 saturated carbocycles. The van der Waals surface area contributed by atoms with E-state index in [1.807, 2.05) is 30.3 Å². The zero-order valence-electron chi connectivity index (χ0n) is 20.4. The maximum atomic E-state index is 9.78. The zero-order valence-corrected chi connectivity index (χ0v) is 20.4. The summed E-state index contributed by atoms with van der Waals surface area (Å²) in [4.78, 5) is 6.76. The third-order valence-electron chi connectivity index (χ3n) is 6.48. The quantitative estimate of drug-likeness (QED) is 0.250. The van der Waals surface area contributed by atoms with Crippen molar-refractivity contribution in [1.82, 2.24) is 0 Å². The molecule has 0 radical (unpaired) electrons. The number of allylic oxidation sites excluding steroid dienone is 1. The fourth-order valence-corrected chi connectivity index (χ4v) is 4.36. The SMILES string of the molecule is CCCCCCCCCCCCCCCC=CC1=NC(CO)(CO)CN1c1ccccc1. The number of benzene rings is 1. The Hall–Kier alpha value is -1.65. The summed E-state index contributed by atoms with van der Waals surface area (Å²) < 4.78 is 0. The standard InChI is InChI=1S/C28H46N2O2/c1-2-3-4-5-6-7-8-9-10-11-12-13-14-15-19-22-27-29-28(24-31,25-32)23-30(27)26-20-17-16-18-21-26/h16-22,31-32H,2-15,23-25H2,1H3. The molecule has 4 heteroatoms. The number of unbranched alkanes of at least 4 members (excludes halogenated alkanes) is 13. The van der Waals surface area contributed by atoms with Gasteiger partial charge in [-0.1, -0.05) is 108 Å². The highest BCUT2D eigenvalue weighted by Gasteiger charge is 2.38. The summed E-state index contributed by atoms with van der Waals surface area (Å²) in [7, 11) is 0. The molecule has 1 heterocycles. The first-order valence-electron chi connectivity index (χ1n) is 13.1. The summed E-state index contributed by atoms with van der Waals surface area (Å²) in [5, 5.41) is 19.6. The normalized spacial score (nSPS) is 15.6. The van der Waals surface area contributed by atoms with Gasteiger partial charge in [0.15, 0.2) is 0 Å². The molecule has 2 N–H and O–H groups in total. The van der Waals surface area contributed by atoms with Crippen molar-refractivity contribution in [3.8, 4) is 0 Å². The van der Waals surface area contributed by atoms with Gasteiger partial charge in [-0.05, 0) is 31.1 Å². The molecule has 0 aliphatic carbocycles. The molecule has 32 heavy (non-hydrogen) atoms. The average Bonchev–Trinajstić information content (AvgIpc) is 3.21. The van der Waals surface area contributed by atoms with Crippen molar-refractivity contribution in [2.45, 2.75) is 102 Å². The molecule has 0 bridgehead atoms. The molecule has 0 atom stereocenters. The van der Waals surface area contributed by atoms with Crippen LogP contribution in [0.5, 0.6) is 0 Å². The van der Waals surface area contributed by atoms with E-state index in [2.05, 4.69) is 29.0 Å². The smallest absolute Gasteiger partial charge is 0.128 e. The molecule has 1 aromatic carbocycles. The van der Waals surface area contributed by atoms with Crippen LogP contribution in [0.4, 0.5) is 5.69 Å². The Morgan fingerprint density at radius 3 is 1.88 bits per heavy atom. The number of hydrogen-bond acceptors (Lipinski definition) is 4. The van der Waals surface area contributed by atoms with Crippen molar-refractivity contribution in [3.63, 3.8) is 0 Å². The lowest BCUT2D eigenvalue weighted by atomic mass is 10.0. The second kappa shape index (κ2) is 16.0. The lowest BCUT2D eigenvalue weighted by molar-refractivity contribution is 0.134. The molecule has 1 aromatic rings. The first-order chi connectivity index (χ1) is 15.7. The van der Waals surface area contributed by atoms with Gasteiger partial charge in [0.05, 0.1) is 19.8 Å². The van der Waals surface area contributed by atoms with E-state index in [1.165, 1.54) is 83.5 Å². The number of aliphatic hydroxyl groups excluding tert-OH is 2. The molecule has 1 aliphatic rings. The van der Waals surface area contributed by atoms with Crippen LogP contribution in [0.15, 0.2) is 47.5 Å². The Bertz CT molecular complexity index is 653. The van der Waals surface area contributed by atoms with Gasteiger partial charge in [-0.25, -0.2) is 0 Å². The van der Waals surface area contributed by atoms with Crippen LogP contribution in [0, 0.1) is 0 Å². The molecule has 0 aromatic heterocycles. The predicted molar refractivity (Wildman–Crippen MR) is 138 cm³/mol. The fourth-order valence-electron chi connectivity index (χ4n) is 4.36. The maximum absolute atomic E-state index is 9.78. The number of nitrogens with zero attached hydrogens (tertiary/aromatic N) is 2. The van der Waals surface area contributed by atoms with Crippen LogP contribution in [0.2, 0.25) is 0 Å². The predicted octanol–water partition coefficient (Wildman–Crippen LogP) is 6.67. The van der Waals surface area contributed by atoms with Gasteiger partial charge in [0.2, 0.25) is 0 Å². The van der Waals surface area contributed by atoms with Crippen molar-refractivity contribution >= 4 is 11.5 Å². The highest BCUT2D eigenvalue weighted by atomic mass is 16.3. The Kier molecular flexibility index (Phi) is 13.3. The van der Waals surface area contributed by atoms with Gasteiger partial charge in [-0.15, -0.1) is 0 Å². The average molecular weight is 443 g/mol. The number of hydrogen-bond donors (Lipinski definition) is 2. The fraction of sp³-hybridized carbons (Fsp3) is 0.679. The Balaban J connectivity index is 1.60. The van der Waals surface area contributed by atoms with E-state index in [-0.39, 0.29) is 13.2 Å². The molecule has 180 valence electrons. The number of aliphatic imine (C=N–C) groups is 1. The molecule has 0 saturated heterocycles. The van der Waals surface area contributed by atoms with Crippen molar-refractivity contribution < 1.29 is 10.2 Å².